The average Bonchev–Trinajstić information content (AvgIpc) is 3.39. The van der Waals surface area contributed by atoms with Gasteiger partial charge in [-0.2, -0.15) is 4.90 Å². The quantitative estimate of drug-likeness (QED) is 0.282. The number of ether oxygens (including phenoxy) is 3. The Labute approximate surface area is 258 Å². The smallest absolute Gasteiger partial charge is 0.425 e. The molecule has 0 atom stereocenters. The zero-order valence-electron chi connectivity index (χ0n) is 26.6. The number of pyridine rings is 2. The van der Waals surface area contributed by atoms with E-state index in [1.165, 1.54) is 0 Å². The minimum atomic E-state index is -0.920. The van der Waals surface area contributed by atoms with E-state index in [4.69, 9.17) is 19.2 Å². The molecule has 10 nitrogen and oxygen atoms in total. The van der Waals surface area contributed by atoms with Crippen molar-refractivity contribution in [2.75, 3.05) is 25.0 Å². The Morgan fingerprint density at radius 3 is 2.05 bits per heavy atom. The van der Waals surface area contributed by atoms with E-state index in [1.807, 2.05) is 32.2 Å². The number of likely N-dealkylation sites (tertiary alicyclic amines) is 1. The third kappa shape index (κ3) is 8.51. The topological polar surface area (TPSA) is 107 Å². The third-order valence-electron chi connectivity index (χ3n) is 6.81. The molecule has 3 aromatic rings. The Kier molecular flexibility index (Phi) is 9.46. The lowest BCUT2D eigenvalue weighted by atomic mass is 9.98. The number of rotatable bonds is 6. The highest BCUT2D eigenvalue weighted by molar-refractivity contribution is 7.15. The summed E-state index contributed by atoms with van der Waals surface area (Å²) in [5.41, 5.74) is -1.02. The summed E-state index contributed by atoms with van der Waals surface area (Å²) in [4.78, 5) is 44.6. The van der Waals surface area contributed by atoms with Crippen molar-refractivity contribution in [1.29, 1.82) is 0 Å². The van der Waals surface area contributed by atoms with Gasteiger partial charge < -0.3 is 19.1 Å². The molecule has 43 heavy (non-hydrogen) atoms. The van der Waals surface area contributed by atoms with Crippen LogP contribution in [0.5, 0.6) is 5.75 Å². The molecular weight excluding hydrogens is 566 g/mol. The second-order valence-corrected chi connectivity index (χ2v) is 14.4. The molecule has 2 amide bonds. The van der Waals surface area contributed by atoms with Crippen LogP contribution in [0.15, 0.2) is 43.0 Å². The van der Waals surface area contributed by atoms with Crippen LogP contribution in [0.3, 0.4) is 0 Å². The predicted octanol–water partition coefficient (Wildman–Crippen LogP) is 7.40. The summed E-state index contributed by atoms with van der Waals surface area (Å²) in [5, 5.41) is 1.09. The summed E-state index contributed by atoms with van der Waals surface area (Å²) in [5.74, 6) is 0.595. The highest BCUT2D eigenvalue weighted by atomic mass is 32.1. The van der Waals surface area contributed by atoms with Crippen LogP contribution in [0.4, 0.5) is 15.4 Å². The molecule has 232 valence electrons. The van der Waals surface area contributed by atoms with Gasteiger partial charge in [-0.3, -0.25) is 4.98 Å². The van der Waals surface area contributed by atoms with Crippen molar-refractivity contribution in [2.45, 2.75) is 91.0 Å². The Bertz CT molecular complexity index is 1390. The van der Waals surface area contributed by atoms with Crippen LogP contribution < -0.4 is 9.64 Å². The summed E-state index contributed by atoms with van der Waals surface area (Å²) >= 11 is 1.63. The van der Waals surface area contributed by atoms with Crippen molar-refractivity contribution in [2.24, 2.45) is 0 Å². The number of nitrogens with zero attached hydrogens (tertiary/aromatic N) is 5. The zero-order chi connectivity index (χ0) is 31.6. The van der Waals surface area contributed by atoms with E-state index in [0.717, 1.165) is 51.8 Å². The van der Waals surface area contributed by atoms with E-state index in [1.54, 1.807) is 77.5 Å². The van der Waals surface area contributed by atoms with E-state index in [9.17, 15) is 9.59 Å². The maximum Gasteiger partial charge on any atom is 0.425 e. The first kappa shape index (κ1) is 32.3. The lowest BCUT2D eigenvalue weighted by Gasteiger charge is -2.31. The summed E-state index contributed by atoms with van der Waals surface area (Å²) in [6.45, 7) is 16.2. The number of piperidine rings is 1. The SMILES string of the molecule is CN1CCC(c2ncc(-c3cnc(N(C(=O)OC(C)(C)C)C(=O)OC(C)(C)C)c(OC(C)(C)c4ccncc4)c3)s2)CC1. The van der Waals surface area contributed by atoms with E-state index < -0.39 is 29.0 Å². The number of thiazole rings is 1. The molecule has 1 aliphatic rings. The first-order valence-corrected chi connectivity index (χ1v) is 15.3. The minimum absolute atomic E-state index is 0.0329. The van der Waals surface area contributed by atoms with Gasteiger partial charge in [0, 0.05) is 36.3 Å². The van der Waals surface area contributed by atoms with Gasteiger partial charge in [0.05, 0.1) is 9.88 Å². The fourth-order valence-corrected chi connectivity index (χ4v) is 5.70. The van der Waals surface area contributed by atoms with Crippen molar-refractivity contribution in [3.63, 3.8) is 0 Å². The molecule has 0 unspecified atom stereocenters. The van der Waals surface area contributed by atoms with Gasteiger partial charge in [-0.25, -0.2) is 19.6 Å². The van der Waals surface area contributed by atoms with Crippen LogP contribution in [0.1, 0.15) is 84.7 Å². The second-order valence-electron chi connectivity index (χ2n) is 13.3. The highest BCUT2D eigenvalue weighted by Gasteiger charge is 2.37. The van der Waals surface area contributed by atoms with Crippen LogP contribution >= 0.6 is 11.3 Å². The molecular formula is C32H43N5O5S. The van der Waals surface area contributed by atoms with Crippen LogP contribution in [0.2, 0.25) is 0 Å². The maximum absolute atomic E-state index is 13.5. The summed E-state index contributed by atoms with van der Waals surface area (Å²) < 4.78 is 17.8. The fraction of sp³-hybridized carbons (Fsp3) is 0.531. The second kappa shape index (κ2) is 12.6. The van der Waals surface area contributed by atoms with Gasteiger partial charge in [-0.15, -0.1) is 11.3 Å². The van der Waals surface area contributed by atoms with E-state index >= 15 is 0 Å². The molecule has 0 aromatic carbocycles. The molecule has 0 bridgehead atoms. The van der Waals surface area contributed by atoms with Gasteiger partial charge in [-0.1, -0.05) is 0 Å². The molecule has 3 aromatic heterocycles. The molecule has 0 aliphatic carbocycles. The normalized spacial score (nSPS) is 15.2. The zero-order valence-corrected chi connectivity index (χ0v) is 27.4. The molecule has 0 radical (unpaired) electrons. The van der Waals surface area contributed by atoms with Gasteiger partial charge in [0.15, 0.2) is 11.6 Å². The number of amides is 2. The number of anilines is 1. The summed E-state index contributed by atoms with van der Waals surface area (Å²) in [6.07, 6.45) is 7.14. The van der Waals surface area contributed by atoms with Crippen molar-refractivity contribution >= 4 is 29.3 Å². The molecule has 0 N–H and O–H groups in total. The van der Waals surface area contributed by atoms with Crippen LogP contribution in [0.25, 0.3) is 10.4 Å². The van der Waals surface area contributed by atoms with Crippen molar-refractivity contribution in [1.82, 2.24) is 19.9 Å². The monoisotopic (exact) mass is 609 g/mol. The van der Waals surface area contributed by atoms with Crippen LogP contribution in [0, 0.1) is 0 Å². The van der Waals surface area contributed by atoms with Gasteiger partial charge in [0.25, 0.3) is 0 Å². The lowest BCUT2D eigenvalue weighted by Crippen LogP contribution is -2.44. The van der Waals surface area contributed by atoms with Crippen molar-refractivity contribution in [3.05, 3.63) is 53.6 Å². The van der Waals surface area contributed by atoms with Gasteiger partial charge in [0.1, 0.15) is 16.8 Å². The first-order valence-electron chi connectivity index (χ1n) is 14.5. The molecule has 0 spiro atoms. The molecule has 1 saturated heterocycles. The standard InChI is InChI=1S/C32H43N5O5S/c1-30(2,3)41-28(38)37(29(39)42-31(4,5)6)26-24(40-32(7,8)23-10-14-33-15-11-23)18-22(19-34-26)25-20-35-27(43-25)21-12-16-36(9)17-13-21/h10-11,14-15,18-21H,12-13,16-17H2,1-9H3. The molecule has 11 heteroatoms. The number of imide groups is 1. The number of carbonyl (C=O) groups is 2. The Morgan fingerprint density at radius 1 is 0.907 bits per heavy atom. The van der Waals surface area contributed by atoms with Crippen LogP contribution in [-0.4, -0.2) is 63.4 Å². The number of hydrogen-bond donors (Lipinski definition) is 0. The van der Waals surface area contributed by atoms with Gasteiger partial charge in [0.2, 0.25) is 0 Å². The van der Waals surface area contributed by atoms with Crippen molar-refractivity contribution in [3.8, 4) is 16.2 Å². The van der Waals surface area contributed by atoms with Gasteiger partial charge >= 0.3 is 12.2 Å². The molecule has 1 aliphatic heterocycles. The minimum Gasteiger partial charge on any atom is -0.479 e. The Balaban J connectivity index is 1.79. The fourth-order valence-electron chi connectivity index (χ4n) is 4.63. The molecule has 1 fully saturated rings. The summed E-state index contributed by atoms with van der Waals surface area (Å²) in [6, 6.07) is 5.50. The highest BCUT2D eigenvalue weighted by Crippen LogP contribution is 2.40. The van der Waals surface area contributed by atoms with E-state index in [2.05, 4.69) is 21.9 Å². The van der Waals surface area contributed by atoms with Crippen molar-refractivity contribution < 1.29 is 23.8 Å². The van der Waals surface area contributed by atoms with Crippen LogP contribution in [-0.2, 0) is 15.1 Å². The largest absolute Gasteiger partial charge is 0.479 e. The molecule has 0 saturated carbocycles. The molecule has 4 rings (SSSR count). The van der Waals surface area contributed by atoms with E-state index in [-0.39, 0.29) is 11.6 Å². The average molecular weight is 610 g/mol. The number of carbonyl (C=O) groups excluding carboxylic acids is 2. The first-order chi connectivity index (χ1) is 20.0. The van der Waals surface area contributed by atoms with E-state index in [0.29, 0.717) is 5.92 Å². The number of aromatic nitrogens is 3. The Morgan fingerprint density at radius 2 is 1.49 bits per heavy atom. The molecule has 4 heterocycles. The Hall–Kier alpha value is -3.57. The maximum atomic E-state index is 13.5. The summed E-state index contributed by atoms with van der Waals surface area (Å²) in [7, 11) is 2.14. The lowest BCUT2D eigenvalue weighted by molar-refractivity contribution is 0.0422. The number of hydrogen-bond acceptors (Lipinski definition) is 10. The predicted molar refractivity (Wildman–Crippen MR) is 168 cm³/mol. The third-order valence-corrected chi connectivity index (χ3v) is 8.02. The van der Waals surface area contributed by atoms with Gasteiger partial charge in [-0.05, 0) is 112 Å².